The molecular formula is C21H18N4O4S. The number of nitro groups is 1. The number of anilines is 1. The topological polar surface area (TPSA) is 114 Å². The smallest absolute Gasteiger partial charge is 0.274 e. The number of carbonyl (C=O) groups excluding carboxylic acids is 2. The third-order valence-electron chi connectivity index (χ3n) is 4.36. The van der Waals surface area contributed by atoms with Crippen molar-refractivity contribution in [3.05, 3.63) is 91.8 Å². The van der Waals surface area contributed by atoms with E-state index in [1.54, 1.807) is 31.2 Å². The lowest BCUT2D eigenvalue weighted by Gasteiger charge is -2.06. The van der Waals surface area contributed by atoms with E-state index in [-0.39, 0.29) is 11.6 Å². The molecular weight excluding hydrogens is 404 g/mol. The first-order valence-electron chi connectivity index (χ1n) is 8.91. The van der Waals surface area contributed by atoms with Crippen LogP contribution in [-0.2, 0) is 0 Å². The van der Waals surface area contributed by atoms with Crippen molar-refractivity contribution in [3.63, 3.8) is 0 Å². The van der Waals surface area contributed by atoms with Gasteiger partial charge in [-0.05, 0) is 49.2 Å². The maximum Gasteiger partial charge on any atom is 0.274 e. The van der Waals surface area contributed by atoms with E-state index in [2.05, 4.69) is 15.8 Å². The van der Waals surface area contributed by atoms with Crippen LogP contribution in [0.4, 0.5) is 10.7 Å². The molecule has 0 bridgehead atoms. The summed E-state index contributed by atoms with van der Waals surface area (Å²) in [6, 6.07) is 14.5. The summed E-state index contributed by atoms with van der Waals surface area (Å²) in [5.41, 5.74) is 4.61. The largest absolute Gasteiger partial charge is 0.313 e. The fourth-order valence-electron chi connectivity index (χ4n) is 2.66. The Labute approximate surface area is 176 Å². The second-order valence-electron chi connectivity index (χ2n) is 6.36. The fraction of sp³-hybridized carbons (Fsp3) is 0.0952. The van der Waals surface area contributed by atoms with Gasteiger partial charge in [-0.1, -0.05) is 18.2 Å². The van der Waals surface area contributed by atoms with Gasteiger partial charge in [0.05, 0.1) is 16.7 Å². The molecule has 2 aromatic carbocycles. The third-order valence-corrected chi connectivity index (χ3v) is 5.48. The van der Waals surface area contributed by atoms with Crippen molar-refractivity contribution >= 4 is 40.1 Å². The Morgan fingerprint density at radius 1 is 1.03 bits per heavy atom. The van der Waals surface area contributed by atoms with E-state index in [1.807, 2.05) is 13.0 Å². The molecule has 0 aliphatic heterocycles. The number of rotatable bonds is 6. The zero-order valence-electron chi connectivity index (χ0n) is 16.2. The molecule has 0 saturated heterocycles. The summed E-state index contributed by atoms with van der Waals surface area (Å²) in [7, 11) is 0. The first kappa shape index (κ1) is 20.9. The van der Waals surface area contributed by atoms with Crippen LogP contribution < -0.4 is 10.7 Å². The van der Waals surface area contributed by atoms with Crippen molar-refractivity contribution < 1.29 is 14.5 Å². The molecule has 0 aliphatic rings. The normalized spacial score (nSPS) is 10.7. The molecule has 3 aromatic rings. The van der Waals surface area contributed by atoms with Crippen LogP contribution in [0.1, 0.15) is 36.7 Å². The maximum atomic E-state index is 12.7. The number of hydrazone groups is 1. The first-order valence-corrected chi connectivity index (χ1v) is 9.72. The van der Waals surface area contributed by atoms with E-state index in [1.165, 1.54) is 41.8 Å². The van der Waals surface area contributed by atoms with Gasteiger partial charge < -0.3 is 5.32 Å². The second kappa shape index (κ2) is 9.10. The Balaban J connectivity index is 1.74. The van der Waals surface area contributed by atoms with Gasteiger partial charge in [-0.3, -0.25) is 19.7 Å². The summed E-state index contributed by atoms with van der Waals surface area (Å²) in [6.45, 7) is 3.67. The zero-order chi connectivity index (χ0) is 21.7. The van der Waals surface area contributed by atoms with Gasteiger partial charge in [0.15, 0.2) is 0 Å². The van der Waals surface area contributed by atoms with Gasteiger partial charge in [0, 0.05) is 22.6 Å². The molecule has 1 heterocycles. The molecule has 0 saturated carbocycles. The quantitative estimate of drug-likeness (QED) is 0.350. The number of carbonyl (C=O) groups is 2. The number of aryl methyl sites for hydroxylation is 1. The first-order chi connectivity index (χ1) is 14.4. The van der Waals surface area contributed by atoms with Crippen LogP contribution in [0.25, 0.3) is 0 Å². The number of amides is 2. The van der Waals surface area contributed by atoms with Crippen LogP contribution in [0.15, 0.2) is 59.7 Å². The summed E-state index contributed by atoms with van der Waals surface area (Å²) in [5.74, 6) is -0.765. The minimum Gasteiger partial charge on any atom is -0.313 e. The van der Waals surface area contributed by atoms with Crippen molar-refractivity contribution in [2.24, 2.45) is 5.10 Å². The Bertz CT molecular complexity index is 1120. The molecule has 3 rings (SSSR count). The van der Waals surface area contributed by atoms with Gasteiger partial charge in [-0.2, -0.15) is 5.10 Å². The minimum absolute atomic E-state index is 0.0284. The standard InChI is InChI=1S/C21H18N4O4S/c1-13-14(2)30-21(23-19(26)16-6-4-3-5-7-16)18(13)20(27)24-22-12-15-8-10-17(11-9-15)25(28)29/h3-12H,1-2H3,(H,23,26)(H,24,27). The molecule has 0 aliphatic carbocycles. The lowest BCUT2D eigenvalue weighted by atomic mass is 10.1. The molecule has 30 heavy (non-hydrogen) atoms. The highest BCUT2D eigenvalue weighted by molar-refractivity contribution is 7.16. The molecule has 2 amide bonds. The van der Waals surface area contributed by atoms with E-state index < -0.39 is 10.8 Å². The van der Waals surface area contributed by atoms with Crippen LogP contribution in [0, 0.1) is 24.0 Å². The van der Waals surface area contributed by atoms with Crippen molar-refractivity contribution in [2.75, 3.05) is 5.32 Å². The number of thiophene rings is 1. The van der Waals surface area contributed by atoms with E-state index in [0.29, 0.717) is 21.7 Å². The fourth-order valence-corrected chi connectivity index (χ4v) is 3.71. The van der Waals surface area contributed by atoms with Crippen LogP contribution in [0.3, 0.4) is 0 Å². The molecule has 2 N–H and O–H groups in total. The third kappa shape index (κ3) is 4.76. The summed E-state index contributed by atoms with van der Waals surface area (Å²) in [5, 5.41) is 17.9. The van der Waals surface area contributed by atoms with Crippen molar-refractivity contribution in [2.45, 2.75) is 13.8 Å². The van der Waals surface area contributed by atoms with Crippen LogP contribution in [-0.4, -0.2) is 23.0 Å². The number of non-ortho nitro benzene ring substituents is 1. The average molecular weight is 422 g/mol. The molecule has 1 aromatic heterocycles. The predicted octanol–water partition coefficient (Wildman–Crippen LogP) is 4.29. The zero-order valence-corrected chi connectivity index (χ0v) is 17.0. The van der Waals surface area contributed by atoms with Gasteiger partial charge in [-0.15, -0.1) is 11.3 Å². The van der Waals surface area contributed by atoms with Crippen LogP contribution >= 0.6 is 11.3 Å². The Morgan fingerprint density at radius 3 is 2.33 bits per heavy atom. The van der Waals surface area contributed by atoms with Crippen LogP contribution in [0.5, 0.6) is 0 Å². The number of hydrogen-bond acceptors (Lipinski definition) is 6. The highest BCUT2D eigenvalue weighted by Crippen LogP contribution is 2.32. The second-order valence-corrected chi connectivity index (χ2v) is 7.58. The summed E-state index contributed by atoms with van der Waals surface area (Å²) >= 11 is 1.32. The van der Waals surface area contributed by atoms with Crippen molar-refractivity contribution in [1.29, 1.82) is 0 Å². The minimum atomic E-state index is -0.490. The molecule has 8 nitrogen and oxygen atoms in total. The number of hydrogen-bond donors (Lipinski definition) is 2. The molecule has 9 heteroatoms. The monoisotopic (exact) mass is 422 g/mol. The predicted molar refractivity (Wildman–Crippen MR) is 116 cm³/mol. The van der Waals surface area contributed by atoms with Gasteiger partial charge in [-0.25, -0.2) is 5.43 Å². The Kier molecular flexibility index (Phi) is 6.33. The Morgan fingerprint density at radius 2 is 1.70 bits per heavy atom. The van der Waals surface area contributed by atoms with Crippen LogP contribution in [0.2, 0.25) is 0 Å². The molecule has 0 radical (unpaired) electrons. The van der Waals surface area contributed by atoms with Crippen molar-refractivity contribution in [3.8, 4) is 0 Å². The number of nitrogens with one attached hydrogen (secondary N) is 2. The van der Waals surface area contributed by atoms with E-state index in [9.17, 15) is 19.7 Å². The highest BCUT2D eigenvalue weighted by atomic mass is 32.1. The average Bonchev–Trinajstić information content (AvgIpc) is 3.02. The maximum absolute atomic E-state index is 12.7. The lowest BCUT2D eigenvalue weighted by molar-refractivity contribution is -0.384. The van der Waals surface area contributed by atoms with E-state index in [4.69, 9.17) is 0 Å². The molecule has 0 fully saturated rings. The van der Waals surface area contributed by atoms with Gasteiger partial charge in [0.25, 0.3) is 17.5 Å². The van der Waals surface area contributed by atoms with Gasteiger partial charge in [0.1, 0.15) is 5.00 Å². The molecule has 0 spiro atoms. The summed E-state index contributed by atoms with van der Waals surface area (Å²) in [6.07, 6.45) is 1.39. The molecule has 152 valence electrons. The van der Waals surface area contributed by atoms with E-state index in [0.717, 1.165) is 10.4 Å². The summed E-state index contributed by atoms with van der Waals surface area (Å²) in [4.78, 5) is 36.3. The number of benzene rings is 2. The summed E-state index contributed by atoms with van der Waals surface area (Å²) < 4.78 is 0. The number of nitrogens with zero attached hydrogens (tertiary/aromatic N) is 2. The van der Waals surface area contributed by atoms with Crippen molar-refractivity contribution in [1.82, 2.24) is 5.43 Å². The lowest BCUT2D eigenvalue weighted by Crippen LogP contribution is -2.21. The molecule has 0 atom stereocenters. The highest BCUT2D eigenvalue weighted by Gasteiger charge is 2.21. The number of nitro benzene ring substituents is 1. The molecule has 0 unspecified atom stereocenters. The van der Waals surface area contributed by atoms with Gasteiger partial charge in [0.2, 0.25) is 0 Å². The van der Waals surface area contributed by atoms with Gasteiger partial charge >= 0.3 is 0 Å². The Hall–Kier alpha value is -3.85. The SMILES string of the molecule is Cc1sc(NC(=O)c2ccccc2)c(C(=O)NN=Cc2ccc([N+](=O)[O-])cc2)c1C. The van der Waals surface area contributed by atoms with E-state index >= 15 is 0 Å².